The van der Waals surface area contributed by atoms with Crippen LogP contribution < -0.4 is 14.4 Å². The van der Waals surface area contributed by atoms with Crippen LogP contribution in [0, 0.1) is 6.92 Å². The number of thiophene rings is 1. The number of hydrogen-bond acceptors (Lipinski definition) is 6. The summed E-state index contributed by atoms with van der Waals surface area (Å²) in [7, 11) is 2.75. The first-order valence-electron chi connectivity index (χ1n) is 10.4. The van der Waals surface area contributed by atoms with Gasteiger partial charge in [0, 0.05) is 16.6 Å². The Morgan fingerprint density at radius 1 is 1.06 bits per heavy atom. The maximum absolute atomic E-state index is 13.3. The predicted octanol–water partition coefficient (Wildman–Crippen LogP) is 6.37. The van der Waals surface area contributed by atoms with Crippen LogP contribution in [0.25, 0.3) is 5.76 Å². The summed E-state index contributed by atoms with van der Waals surface area (Å²) in [5.74, 6) is -2.13. The first kappa shape index (κ1) is 25.6. The number of aliphatic hydroxyl groups is 1. The maximum atomic E-state index is 13.3. The van der Waals surface area contributed by atoms with E-state index in [0.717, 1.165) is 34.7 Å². The number of carbonyl (C=O) groups excluding carboxylic acids is 2. The van der Waals surface area contributed by atoms with Gasteiger partial charge in [-0.05, 0) is 54.3 Å². The van der Waals surface area contributed by atoms with Crippen molar-refractivity contribution in [3.63, 3.8) is 0 Å². The number of aliphatic hydroxyl groups excluding tert-OH is 1. The quantitative estimate of drug-likeness (QED) is 0.232. The van der Waals surface area contributed by atoms with Gasteiger partial charge in [-0.2, -0.15) is 13.2 Å². The fourth-order valence-electron chi connectivity index (χ4n) is 4.01. The van der Waals surface area contributed by atoms with Crippen LogP contribution in [-0.4, -0.2) is 31.0 Å². The van der Waals surface area contributed by atoms with E-state index in [-0.39, 0.29) is 33.3 Å². The van der Waals surface area contributed by atoms with Crippen molar-refractivity contribution in [3.8, 4) is 11.5 Å². The summed E-state index contributed by atoms with van der Waals surface area (Å²) in [5, 5.41) is 13.2. The molecule has 1 amide bonds. The van der Waals surface area contributed by atoms with Gasteiger partial charge in [0.25, 0.3) is 11.7 Å². The number of halogens is 4. The van der Waals surface area contributed by atoms with Crippen molar-refractivity contribution in [2.24, 2.45) is 0 Å². The molecule has 2 aromatic carbocycles. The smallest absolute Gasteiger partial charge is 0.416 e. The lowest BCUT2D eigenvalue weighted by atomic mass is 9.97. The van der Waals surface area contributed by atoms with Gasteiger partial charge in [-0.15, -0.1) is 11.3 Å². The minimum absolute atomic E-state index is 0.0490. The van der Waals surface area contributed by atoms with Gasteiger partial charge in [0.2, 0.25) is 0 Å². The fraction of sp³-hybridized carbons (Fsp3) is 0.200. The topological polar surface area (TPSA) is 76.1 Å². The number of ketones is 1. The Labute approximate surface area is 213 Å². The Hall–Kier alpha value is -3.50. The molecule has 0 aliphatic carbocycles. The van der Waals surface area contributed by atoms with E-state index in [0.29, 0.717) is 4.88 Å². The Balaban J connectivity index is 1.95. The zero-order valence-corrected chi connectivity index (χ0v) is 20.7. The number of methoxy groups -OCH3 is 2. The van der Waals surface area contributed by atoms with Gasteiger partial charge in [0.1, 0.15) is 23.3 Å². The van der Waals surface area contributed by atoms with Crippen LogP contribution >= 0.6 is 22.9 Å². The Kier molecular flexibility index (Phi) is 6.76. The highest BCUT2D eigenvalue weighted by atomic mass is 35.5. The number of nitrogens with zero attached hydrogens (tertiary/aromatic N) is 1. The van der Waals surface area contributed by atoms with Crippen molar-refractivity contribution in [2.45, 2.75) is 19.1 Å². The van der Waals surface area contributed by atoms with Crippen molar-refractivity contribution in [1.29, 1.82) is 0 Å². The second-order valence-corrected chi connectivity index (χ2v) is 9.22. The Bertz CT molecular complexity index is 1380. The van der Waals surface area contributed by atoms with Crippen LogP contribution in [-0.2, 0) is 15.8 Å². The van der Waals surface area contributed by atoms with E-state index in [1.54, 1.807) is 18.4 Å². The highest BCUT2D eigenvalue weighted by Gasteiger charge is 2.48. The molecule has 0 bridgehead atoms. The van der Waals surface area contributed by atoms with Crippen LogP contribution in [0.2, 0.25) is 5.02 Å². The Morgan fingerprint density at radius 3 is 2.22 bits per heavy atom. The van der Waals surface area contributed by atoms with Gasteiger partial charge in [-0.1, -0.05) is 11.6 Å². The minimum atomic E-state index is -4.57. The minimum Gasteiger partial charge on any atom is -0.507 e. The number of ether oxygens (including phenoxy) is 2. The van der Waals surface area contributed by atoms with Gasteiger partial charge in [0.05, 0.1) is 35.9 Å². The number of carbonyl (C=O) groups is 2. The molecule has 4 rings (SSSR count). The third kappa shape index (κ3) is 4.31. The number of Topliss-reactive ketones (excluding diaryl/α,β-unsaturated/α-hetero) is 1. The van der Waals surface area contributed by atoms with Crippen molar-refractivity contribution in [2.75, 3.05) is 19.1 Å². The van der Waals surface area contributed by atoms with Gasteiger partial charge in [-0.3, -0.25) is 14.5 Å². The molecule has 3 aromatic rings. The summed E-state index contributed by atoms with van der Waals surface area (Å²) in [6.45, 7) is 1.77. The molecule has 2 heterocycles. The summed E-state index contributed by atoms with van der Waals surface area (Å²) in [5.41, 5.74) is -0.293. The van der Waals surface area contributed by atoms with Crippen molar-refractivity contribution < 1.29 is 37.3 Å². The van der Waals surface area contributed by atoms with Crippen LogP contribution in [0.1, 0.15) is 27.6 Å². The lowest BCUT2D eigenvalue weighted by molar-refractivity contribution is -0.137. The number of aryl methyl sites for hydroxylation is 1. The first-order chi connectivity index (χ1) is 17.0. The van der Waals surface area contributed by atoms with E-state index >= 15 is 0 Å². The van der Waals surface area contributed by atoms with Gasteiger partial charge < -0.3 is 14.6 Å². The molecule has 1 saturated heterocycles. The molecule has 0 saturated carbocycles. The van der Waals surface area contributed by atoms with Crippen LogP contribution in [0.4, 0.5) is 18.9 Å². The molecule has 6 nitrogen and oxygen atoms in total. The molecule has 188 valence electrons. The second-order valence-electron chi connectivity index (χ2n) is 7.87. The average Bonchev–Trinajstić information content (AvgIpc) is 3.38. The van der Waals surface area contributed by atoms with E-state index in [4.69, 9.17) is 21.1 Å². The Morgan fingerprint density at radius 2 is 1.69 bits per heavy atom. The maximum Gasteiger partial charge on any atom is 0.416 e. The van der Waals surface area contributed by atoms with Crippen molar-refractivity contribution in [1.82, 2.24) is 0 Å². The summed E-state index contributed by atoms with van der Waals surface area (Å²) in [4.78, 5) is 28.1. The number of rotatable bonds is 5. The predicted molar refractivity (Wildman–Crippen MR) is 130 cm³/mol. The lowest BCUT2D eigenvalue weighted by Crippen LogP contribution is -2.29. The van der Waals surface area contributed by atoms with E-state index in [2.05, 4.69) is 0 Å². The largest absolute Gasteiger partial charge is 0.507 e. The first-order valence-corrected chi connectivity index (χ1v) is 11.7. The third-order valence-corrected chi connectivity index (χ3v) is 7.16. The highest BCUT2D eigenvalue weighted by Crippen LogP contribution is 2.47. The fourth-order valence-corrected chi connectivity index (χ4v) is 5.28. The molecule has 1 aliphatic rings. The standard InChI is InChI=1S/C25H19ClF3NO5S/c1-12-8-9-36-23(12)20-19(21(31)15-10-16(26)18(35-3)11-17(15)34-2)22(32)24(33)30(20)14-6-4-13(5-7-14)25(27,28)29/h4-11,20,31H,1-3H3/b21-19+. The molecular formula is C25H19ClF3NO5S. The zero-order chi connectivity index (χ0) is 26.4. The monoisotopic (exact) mass is 537 g/mol. The number of alkyl halides is 3. The summed E-state index contributed by atoms with van der Waals surface area (Å²) < 4.78 is 49.8. The zero-order valence-electron chi connectivity index (χ0n) is 19.1. The molecule has 1 atom stereocenters. The van der Waals surface area contributed by atoms with Gasteiger partial charge >= 0.3 is 6.18 Å². The molecule has 36 heavy (non-hydrogen) atoms. The highest BCUT2D eigenvalue weighted by molar-refractivity contribution is 7.10. The molecule has 1 aliphatic heterocycles. The number of anilines is 1. The van der Waals surface area contributed by atoms with E-state index in [1.165, 1.54) is 37.7 Å². The normalized spacial score (nSPS) is 17.5. The molecule has 1 N–H and O–H groups in total. The molecule has 1 unspecified atom stereocenters. The van der Waals surface area contributed by atoms with E-state index in [9.17, 15) is 27.9 Å². The van der Waals surface area contributed by atoms with Crippen LogP contribution in [0.3, 0.4) is 0 Å². The molecular weight excluding hydrogens is 519 g/mol. The second kappa shape index (κ2) is 9.51. The number of amides is 1. The van der Waals surface area contributed by atoms with Crippen molar-refractivity contribution >= 4 is 46.1 Å². The van der Waals surface area contributed by atoms with Crippen LogP contribution in [0.15, 0.2) is 53.4 Å². The number of benzene rings is 2. The third-order valence-electron chi connectivity index (χ3n) is 5.80. The SMILES string of the molecule is COc1cc(OC)c(/C(O)=C2\C(=O)C(=O)N(c3ccc(C(F)(F)F)cc3)C2c2sccc2C)cc1Cl. The van der Waals surface area contributed by atoms with Crippen LogP contribution in [0.5, 0.6) is 11.5 Å². The van der Waals surface area contributed by atoms with Crippen molar-refractivity contribution in [3.05, 3.63) is 80.0 Å². The molecule has 0 radical (unpaired) electrons. The summed E-state index contributed by atoms with van der Waals surface area (Å²) >= 11 is 7.49. The summed E-state index contributed by atoms with van der Waals surface area (Å²) in [6, 6.07) is 7.36. The van der Waals surface area contributed by atoms with Gasteiger partial charge in [-0.25, -0.2) is 0 Å². The molecule has 11 heteroatoms. The molecule has 1 aromatic heterocycles. The molecule has 1 fully saturated rings. The van der Waals surface area contributed by atoms with E-state index < -0.39 is 35.2 Å². The summed E-state index contributed by atoms with van der Waals surface area (Å²) in [6.07, 6.45) is -4.57. The van der Waals surface area contributed by atoms with Gasteiger partial charge in [0.15, 0.2) is 0 Å². The number of hydrogen-bond donors (Lipinski definition) is 1. The molecule has 0 spiro atoms. The van der Waals surface area contributed by atoms with E-state index in [1.807, 2.05) is 0 Å². The average molecular weight is 538 g/mol. The lowest BCUT2D eigenvalue weighted by Gasteiger charge is -2.25.